The first-order chi connectivity index (χ1) is 13.0. The number of nitrogens with one attached hydrogen (secondary N) is 1. The predicted molar refractivity (Wildman–Crippen MR) is 112 cm³/mol. The Bertz CT molecular complexity index is 780. The molecule has 8 heteroatoms. The molecule has 1 aliphatic heterocycles. The van der Waals surface area contributed by atoms with Gasteiger partial charge in [0, 0.05) is 39.3 Å². The van der Waals surface area contributed by atoms with Crippen molar-refractivity contribution < 1.29 is 4.79 Å². The van der Waals surface area contributed by atoms with E-state index in [0.717, 1.165) is 72.3 Å². The molecule has 7 nitrogen and oxygen atoms in total. The summed E-state index contributed by atoms with van der Waals surface area (Å²) < 4.78 is 0. The molecule has 0 atom stereocenters. The van der Waals surface area contributed by atoms with Crippen LogP contribution in [0.1, 0.15) is 29.1 Å². The van der Waals surface area contributed by atoms with Gasteiger partial charge < -0.3 is 20.0 Å². The number of nitrogens with zero attached hydrogens (tertiary/aromatic N) is 5. The predicted octanol–water partition coefficient (Wildman–Crippen LogP) is 1.82. The highest BCUT2D eigenvalue weighted by molar-refractivity contribution is 7.20. The quantitative estimate of drug-likeness (QED) is 0.778. The smallest absolute Gasteiger partial charge is 0.261 e. The lowest BCUT2D eigenvalue weighted by Gasteiger charge is -2.33. The van der Waals surface area contributed by atoms with Gasteiger partial charge in [0.05, 0.1) is 10.3 Å². The molecule has 1 N–H and O–H groups in total. The average molecular weight is 391 g/mol. The minimum Gasteiger partial charge on any atom is -0.353 e. The van der Waals surface area contributed by atoms with Crippen molar-refractivity contribution in [1.29, 1.82) is 0 Å². The SMILES string of the molecule is CCN(CC)CCNC(=O)c1sc2ncnc(N3CCN(C)CC3)c2c1C. The fourth-order valence-electron chi connectivity index (χ4n) is 3.48. The summed E-state index contributed by atoms with van der Waals surface area (Å²) in [7, 11) is 2.14. The maximum atomic E-state index is 12.7. The van der Waals surface area contributed by atoms with Crippen LogP contribution in [0.4, 0.5) is 5.82 Å². The minimum absolute atomic E-state index is 0.00742. The van der Waals surface area contributed by atoms with Gasteiger partial charge in [-0.25, -0.2) is 9.97 Å². The van der Waals surface area contributed by atoms with Crippen LogP contribution in [-0.4, -0.2) is 85.1 Å². The van der Waals surface area contributed by atoms with E-state index in [0.29, 0.717) is 6.54 Å². The van der Waals surface area contributed by atoms with Crippen molar-refractivity contribution in [2.75, 3.05) is 64.3 Å². The molecule has 3 heterocycles. The molecule has 1 fully saturated rings. The second-order valence-corrected chi connectivity index (χ2v) is 8.01. The van der Waals surface area contributed by atoms with Gasteiger partial charge in [0.25, 0.3) is 5.91 Å². The maximum absolute atomic E-state index is 12.7. The van der Waals surface area contributed by atoms with Gasteiger partial charge in [-0.05, 0) is 32.6 Å². The molecule has 0 saturated carbocycles. The minimum atomic E-state index is -0.00742. The highest BCUT2D eigenvalue weighted by Gasteiger charge is 2.23. The molecule has 1 saturated heterocycles. The molecular formula is C19H30N6OS. The molecule has 1 amide bonds. The summed E-state index contributed by atoms with van der Waals surface area (Å²) in [5, 5.41) is 4.09. The highest BCUT2D eigenvalue weighted by Crippen LogP contribution is 2.35. The van der Waals surface area contributed by atoms with Crippen LogP contribution in [0.25, 0.3) is 10.2 Å². The van der Waals surface area contributed by atoms with Crippen LogP contribution in [0.5, 0.6) is 0 Å². The number of thiophene rings is 1. The second kappa shape index (κ2) is 8.95. The first-order valence-electron chi connectivity index (χ1n) is 9.73. The molecule has 0 spiro atoms. The van der Waals surface area contributed by atoms with Crippen LogP contribution in [-0.2, 0) is 0 Å². The maximum Gasteiger partial charge on any atom is 0.261 e. The summed E-state index contributed by atoms with van der Waals surface area (Å²) in [6.07, 6.45) is 1.62. The molecule has 148 valence electrons. The van der Waals surface area contributed by atoms with Crippen LogP contribution in [0, 0.1) is 6.92 Å². The van der Waals surface area contributed by atoms with Crippen molar-refractivity contribution in [2.45, 2.75) is 20.8 Å². The van der Waals surface area contributed by atoms with Gasteiger partial charge >= 0.3 is 0 Å². The molecule has 3 rings (SSSR count). The van der Waals surface area contributed by atoms with Crippen molar-refractivity contribution >= 4 is 33.3 Å². The zero-order valence-corrected chi connectivity index (χ0v) is 17.6. The number of carbonyl (C=O) groups excluding carboxylic acids is 1. The highest BCUT2D eigenvalue weighted by atomic mass is 32.1. The third-order valence-corrected chi connectivity index (χ3v) is 6.52. The van der Waals surface area contributed by atoms with E-state index in [1.807, 2.05) is 6.92 Å². The van der Waals surface area contributed by atoms with Crippen LogP contribution in [0.15, 0.2) is 6.33 Å². The van der Waals surface area contributed by atoms with E-state index in [-0.39, 0.29) is 5.91 Å². The molecule has 0 aliphatic carbocycles. The summed E-state index contributed by atoms with van der Waals surface area (Å²) in [5.41, 5.74) is 0.991. The van der Waals surface area contributed by atoms with Crippen molar-refractivity contribution in [2.24, 2.45) is 0 Å². The lowest BCUT2D eigenvalue weighted by Crippen LogP contribution is -2.44. The zero-order chi connectivity index (χ0) is 19.4. The molecule has 0 unspecified atom stereocenters. The monoisotopic (exact) mass is 390 g/mol. The van der Waals surface area contributed by atoms with Gasteiger partial charge in [-0.3, -0.25) is 4.79 Å². The molecule has 2 aromatic rings. The third kappa shape index (κ3) is 4.39. The number of amides is 1. The van der Waals surface area contributed by atoms with Gasteiger partial charge in [-0.15, -0.1) is 11.3 Å². The summed E-state index contributed by atoms with van der Waals surface area (Å²) in [5.74, 6) is 0.955. The lowest BCUT2D eigenvalue weighted by molar-refractivity contribution is 0.0952. The Balaban J connectivity index is 1.78. The first-order valence-corrected chi connectivity index (χ1v) is 10.5. The van der Waals surface area contributed by atoms with E-state index >= 15 is 0 Å². The number of anilines is 1. The summed E-state index contributed by atoms with van der Waals surface area (Å²) in [4.78, 5) is 30.3. The van der Waals surface area contributed by atoms with Crippen molar-refractivity contribution in [3.63, 3.8) is 0 Å². The van der Waals surface area contributed by atoms with Crippen molar-refractivity contribution in [3.8, 4) is 0 Å². The number of likely N-dealkylation sites (N-methyl/N-ethyl adjacent to an activating group) is 2. The average Bonchev–Trinajstić information content (AvgIpc) is 3.03. The Labute approximate surface area is 165 Å². The Morgan fingerprint density at radius 2 is 1.93 bits per heavy atom. The molecule has 2 aromatic heterocycles. The third-order valence-electron chi connectivity index (χ3n) is 5.32. The van der Waals surface area contributed by atoms with Crippen molar-refractivity contribution in [3.05, 3.63) is 16.8 Å². The van der Waals surface area contributed by atoms with E-state index in [1.165, 1.54) is 11.3 Å². The largest absolute Gasteiger partial charge is 0.353 e. The van der Waals surface area contributed by atoms with Crippen LogP contribution >= 0.6 is 11.3 Å². The van der Waals surface area contributed by atoms with E-state index in [9.17, 15) is 4.79 Å². The summed E-state index contributed by atoms with van der Waals surface area (Å²) in [6, 6.07) is 0. The van der Waals surface area contributed by atoms with Crippen LogP contribution in [0.2, 0.25) is 0 Å². The standard InChI is InChI=1S/C19H30N6OS/c1-5-24(6-2)8-7-20-18(26)16-14(3)15-17(21-13-22-19(15)27-16)25-11-9-23(4)10-12-25/h13H,5-12H2,1-4H3,(H,20,26). The number of hydrogen-bond acceptors (Lipinski definition) is 7. The van der Waals surface area contributed by atoms with Gasteiger partial charge in [-0.2, -0.15) is 0 Å². The first kappa shape index (κ1) is 20.0. The molecule has 0 bridgehead atoms. The van der Waals surface area contributed by atoms with Gasteiger partial charge in [0.1, 0.15) is 17.0 Å². The van der Waals surface area contributed by atoms with Crippen molar-refractivity contribution in [1.82, 2.24) is 25.1 Å². The molecule has 27 heavy (non-hydrogen) atoms. The normalized spacial score (nSPS) is 15.7. The van der Waals surface area contributed by atoms with Crippen LogP contribution in [0.3, 0.4) is 0 Å². The number of aryl methyl sites for hydroxylation is 1. The number of carbonyl (C=O) groups is 1. The lowest BCUT2D eigenvalue weighted by atomic mass is 10.1. The Morgan fingerprint density at radius 3 is 2.59 bits per heavy atom. The van der Waals surface area contributed by atoms with Crippen LogP contribution < -0.4 is 10.2 Å². The Kier molecular flexibility index (Phi) is 6.62. The number of piperazine rings is 1. The van der Waals surface area contributed by atoms with E-state index < -0.39 is 0 Å². The molecule has 0 aromatic carbocycles. The fourth-order valence-corrected chi connectivity index (χ4v) is 4.53. The summed E-state index contributed by atoms with van der Waals surface area (Å²) in [6.45, 7) is 13.8. The van der Waals surface area contributed by atoms with Gasteiger partial charge in [0.2, 0.25) is 0 Å². The number of aromatic nitrogens is 2. The zero-order valence-electron chi connectivity index (χ0n) is 16.8. The van der Waals surface area contributed by atoms with Gasteiger partial charge in [0.15, 0.2) is 0 Å². The topological polar surface area (TPSA) is 64.6 Å². The Hall–Kier alpha value is -1.77. The number of hydrogen-bond donors (Lipinski definition) is 1. The second-order valence-electron chi connectivity index (χ2n) is 7.01. The fraction of sp³-hybridized carbons (Fsp3) is 0.632. The van der Waals surface area contributed by atoms with E-state index in [1.54, 1.807) is 6.33 Å². The van der Waals surface area contributed by atoms with E-state index in [2.05, 4.69) is 50.9 Å². The molecular weight excluding hydrogens is 360 g/mol. The Morgan fingerprint density at radius 1 is 1.22 bits per heavy atom. The molecule has 0 radical (unpaired) electrons. The number of rotatable bonds is 7. The van der Waals surface area contributed by atoms with E-state index in [4.69, 9.17) is 0 Å². The van der Waals surface area contributed by atoms with Gasteiger partial charge in [-0.1, -0.05) is 13.8 Å². The number of fused-ring (bicyclic) bond motifs is 1. The molecule has 1 aliphatic rings. The summed E-state index contributed by atoms with van der Waals surface area (Å²) >= 11 is 1.47.